The van der Waals surface area contributed by atoms with Gasteiger partial charge in [-0.15, -0.1) is 0 Å². The van der Waals surface area contributed by atoms with E-state index in [1.165, 1.54) is 75.2 Å². The molecule has 0 bridgehead atoms. The van der Waals surface area contributed by atoms with Crippen LogP contribution in [-0.2, 0) is 0 Å². The fraction of sp³-hybridized carbons (Fsp3) is 0.0811. The van der Waals surface area contributed by atoms with Crippen molar-refractivity contribution in [2.45, 2.75) is 17.7 Å². The van der Waals surface area contributed by atoms with Gasteiger partial charge in [-0.1, -0.05) is 110 Å². The van der Waals surface area contributed by atoms with Crippen LogP contribution < -0.4 is 0 Å². The lowest BCUT2D eigenvalue weighted by Gasteiger charge is -2.21. The molecule has 1 aliphatic carbocycles. The molecule has 2 unspecified atom stereocenters. The molecule has 9 rings (SSSR count). The molecule has 2 aliphatic rings. The average molecular weight is 516 g/mol. The molecular formula is C37H25NS. The molecular weight excluding hydrogens is 490 g/mol. The topological polar surface area (TPSA) is 4.93 Å². The molecule has 1 nitrogen and oxygen atoms in total. The molecule has 7 aromatic rings. The summed E-state index contributed by atoms with van der Waals surface area (Å²) in [5.74, 6) is 0.995. The van der Waals surface area contributed by atoms with E-state index in [1.54, 1.807) is 0 Å². The minimum atomic E-state index is 0.474. The van der Waals surface area contributed by atoms with Crippen LogP contribution >= 0.6 is 11.8 Å². The molecule has 2 atom stereocenters. The van der Waals surface area contributed by atoms with E-state index in [0.717, 1.165) is 0 Å². The number of thioether (sulfide) groups is 1. The number of hydrogen-bond donors (Lipinski definition) is 0. The number of rotatable bonds is 1. The van der Waals surface area contributed by atoms with Crippen LogP contribution in [-0.4, -0.2) is 4.57 Å². The zero-order chi connectivity index (χ0) is 25.7. The summed E-state index contributed by atoms with van der Waals surface area (Å²) in [6, 6.07) is 38.5. The second-order valence-electron chi connectivity index (χ2n) is 11.0. The van der Waals surface area contributed by atoms with Gasteiger partial charge in [0.1, 0.15) is 0 Å². The highest BCUT2D eigenvalue weighted by Crippen LogP contribution is 2.55. The zero-order valence-corrected chi connectivity index (χ0v) is 22.4. The molecule has 0 fully saturated rings. The summed E-state index contributed by atoms with van der Waals surface area (Å²) in [5.41, 5.74) is 5.24. The van der Waals surface area contributed by atoms with Crippen LogP contribution in [0.3, 0.4) is 0 Å². The summed E-state index contributed by atoms with van der Waals surface area (Å²) in [6.45, 7) is 2.35. The summed E-state index contributed by atoms with van der Waals surface area (Å²) >= 11 is 1.95. The first-order valence-corrected chi connectivity index (χ1v) is 14.5. The first-order chi connectivity index (χ1) is 19.3. The Hall–Kier alpha value is -4.27. The Morgan fingerprint density at radius 1 is 0.590 bits per heavy atom. The summed E-state index contributed by atoms with van der Waals surface area (Å²) in [5, 5.41) is 10.5. The van der Waals surface area contributed by atoms with Crippen molar-refractivity contribution in [1.82, 2.24) is 4.57 Å². The van der Waals surface area contributed by atoms with Gasteiger partial charge in [0.2, 0.25) is 0 Å². The van der Waals surface area contributed by atoms with Crippen molar-refractivity contribution in [2.75, 3.05) is 0 Å². The molecule has 0 amide bonds. The lowest BCUT2D eigenvalue weighted by Crippen LogP contribution is -2.08. The van der Waals surface area contributed by atoms with Crippen LogP contribution in [0, 0.1) is 5.92 Å². The third kappa shape index (κ3) is 2.93. The van der Waals surface area contributed by atoms with Gasteiger partial charge in [-0.3, -0.25) is 0 Å². The van der Waals surface area contributed by atoms with Crippen LogP contribution in [0.4, 0.5) is 0 Å². The van der Waals surface area contributed by atoms with E-state index in [1.807, 2.05) is 11.8 Å². The van der Waals surface area contributed by atoms with Crippen molar-refractivity contribution in [3.8, 4) is 5.69 Å². The Morgan fingerprint density at radius 2 is 1.23 bits per heavy atom. The second kappa shape index (κ2) is 7.88. The number of aromatic nitrogens is 1. The highest BCUT2D eigenvalue weighted by Gasteiger charge is 2.33. The third-order valence-corrected chi connectivity index (χ3v) is 10.1. The molecule has 0 spiro atoms. The van der Waals surface area contributed by atoms with Crippen LogP contribution in [0.1, 0.15) is 18.4 Å². The number of benzene rings is 6. The van der Waals surface area contributed by atoms with Crippen molar-refractivity contribution < 1.29 is 0 Å². The largest absolute Gasteiger partial charge is 0.309 e. The van der Waals surface area contributed by atoms with Gasteiger partial charge < -0.3 is 4.57 Å². The summed E-state index contributed by atoms with van der Waals surface area (Å²) in [6.07, 6.45) is 6.89. The smallest absolute Gasteiger partial charge is 0.0552 e. The maximum absolute atomic E-state index is 2.49. The van der Waals surface area contributed by atoms with E-state index in [0.29, 0.717) is 11.8 Å². The molecule has 1 aliphatic heterocycles. The minimum Gasteiger partial charge on any atom is -0.309 e. The standard InChI is InChI=1S/C37H25NS/c1-22-9-8-16-35-37(22)32-20-31-29-14-6-7-15-33(29)38(34(31)21-36(32)39-35)23-17-18-28-26-12-3-2-10-24(26)25-11-4-5-13-27(25)30(28)19-23/h2-22,37H,1H3. The molecule has 39 heavy (non-hydrogen) atoms. The van der Waals surface area contributed by atoms with Crippen molar-refractivity contribution in [2.24, 2.45) is 5.92 Å². The number of allylic oxidation sites excluding steroid dienone is 4. The van der Waals surface area contributed by atoms with E-state index < -0.39 is 0 Å². The maximum Gasteiger partial charge on any atom is 0.0552 e. The number of hydrogen-bond acceptors (Lipinski definition) is 1. The lowest BCUT2D eigenvalue weighted by molar-refractivity contribution is 0.628. The molecule has 2 heterocycles. The van der Waals surface area contributed by atoms with Gasteiger partial charge in [0.25, 0.3) is 0 Å². The third-order valence-electron chi connectivity index (χ3n) is 8.86. The van der Waals surface area contributed by atoms with E-state index in [2.05, 4.69) is 133 Å². The van der Waals surface area contributed by atoms with Crippen molar-refractivity contribution in [1.29, 1.82) is 0 Å². The Bertz CT molecular complexity index is 2190. The predicted molar refractivity (Wildman–Crippen MR) is 168 cm³/mol. The molecule has 184 valence electrons. The second-order valence-corrected chi connectivity index (χ2v) is 12.1. The van der Waals surface area contributed by atoms with Gasteiger partial charge in [0.05, 0.1) is 11.0 Å². The number of para-hydroxylation sites is 1. The van der Waals surface area contributed by atoms with Crippen molar-refractivity contribution in [3.63, 3.8) is 0 Å². The van der Waals surface area contributed by atoms with E-state index in [-0.39, 0.29) is 0 Å². The van der Waals surface area contributed by atoms with E-state index >= 15 is 0 Å². The summed E-state index contributed by atoms with van der Waals surface area (Å²) in [7, 11) is 0. The molecule has 0 saturated heterocycles. The molecule has 0 N–H and O–H groups in total. The SMILES string of the molecule is CC1C=CC=C2Sc3cc4c(cc3C21)c1ccccc1n4-c1ccc2c3ccccc3c3ccccc3c2c1. The maximum atomic E-state index is 2.49. The lowest BCUT2D eigenvalue weighted by atomic mass is 9.84. The van der Waals surface area contributed by atoms with Crippen LogP contribution in [0.2, 0.25) is 0 Å². The van der Waals surface area contributed by atoms with Crippen molar-refractivity contribution in [3.05, 3.63) is 132 Å². The molecule has 6 aromatic carbocycles. The highest BCUT2D eigenvalue weighted by atomic mass is 32.2. The quantitative estimate of drug-likeness (QED) is 0.197. The van der Waals surface area contributed by atoms with Crippen LogP contribution in [0.5, 0.6) is 0 Å². The predicted octanol–water partition coefficient (Wildman–Crippen LogP) is 10.5. The summed E-state index contributed by atoms with van der Waals surface area (Å²) in [4.78, 5) is 2.88. The molecule has 1 aromatic heterocycles. The Labute approximate surface area is 231 Å². The van der Waals surface area contributed by atoms with Gasteiger partial charge in [0, 0.05) is 27.3 Å². The van der Waals surface area contributed by atoms with E-state index in [9.17, 15) is 0 Å². The molecule has 0 saturated carbocycles. The Balaban J connectivity index is 1.37. The first kappa shape index (κ1) is 21.6. The summed E-state index contributed by atoms with van der Waals surface area (Å²) < 4.78 is 2.48. The van der Waals surface area contributed by atoms with Gasteiger partial charge in [-0.25, -0.2) is 0 Å². The highest BCUT2D eigenvalue weighted by molar-refractivity contribution is 8.03. The molecule has 2 heteroatoms. The minimum absolute atomic E-state index is 0.474. The molecule has 0 radical (unpaired) electrons. The van der Waals surface area contributed by atoms with Crippen molar-refractivity contribution >= 4 is 65.9 Å². The van der Waals surface area contributed by atoms with Crippen LogP contribution in [0.25, 0.3) is 59.8 Å². The fourth-order valence-corrected chi connectivity index (χ4v) is 8.46. The van der Waals surface area contributed by atoms with Gasteiger partial charge in [0.15, 0.2) is 0 Å². The first-order valence-electron chi connectivity index (χ1n) is 13.7. The monoisotopic (exact) mass is 515 g/mol. The number of nitrogens with zero attached hydrogens (tertiary/aromatic N) is 1. The zero-order valence-electron chi connectivity index (χ0n) is 21.6. The van der Waals surface area contributed by atoms with Gasteiger partial charge in [-0.2, -0.15) is 0 Å². The fourth-order valence-electron chi connectivity index (χ4n) is 7.12. The normalized spacial score (nSPS) is 18.3. The van der Waals surface area contributed by atoms with Crippen LogP contribution in [0.15, 0.2) is 131 Å². The Morgan fingerprint density at radius 3 is 1.97 bits per heavy atom. The average Bonchev–Trinajstić information content (AvgIpc) is 3.51. The number of fused-ring (bicyclic) bond motifs is 12. The van der Waals surface area contributed by atoms with Gasteiger partial charge in [-0.05, 0) is 79.0 Å². The van der Waals surface area contributed by atoms with E-state index in [4.69, 9.17) is 0 Å². The Kier molecular flexibility index (Phi) is 4.37. The van der Waals surface area contributed by atoms with Gasteiger partial charge >= 0.3 is 0 Å².